The predicted molar refractivity (Wildman–Crippen MR) is 174 cm³/mol. The van der Waals surface area contributed by atoms with Gasteiger partial charge in [-0.2, -0.15) is 0 Å². The summed E-state index contributed by atoms with van der Waals surface area (Å²) in [6, 6.07) is 55.1. The van der Waals surface area contributed by atoms with Gasteiger partial charge >= 0.3 is 0 Å². The molecule has 0 atom stereocenters. The van der Waals surface area contributed by atoms with Gasteiger partial charge in [0, 0.05) is 37.2 Å². The molecule has 0 fully saturated rings. The van der Waals surface area contributed by atoms with Crippen molar-refractivity contribution in [2.24, 2.45) is 0 Å². The molecule has 0 bridgehead atoms. The lowest BCUT2D eigenvalue weighted by atomic mass is 10.0. The third kappa shape index (κ3) is 3.93. The van der Waals surface area contributed by atoms with Gasteiger partial charge in [-0.05, 0) is 87.3 Å². The number of hydrogen-bond acceptors (Lipinski definition) is 2. The van der Waals surface area contributed by atoms with Crippen LogP contribution in [0.2, 0.25) is 0 Å². The molecule has 0 aliphatic heterocycles. The van der Waals surface area contributed by atoms with Crippen LogP contribution in [0.25, 0.3) is 52.8 Å². The zero-order valence-corrected chi connectivity index (χ0v) is 22.6. The lowest BCUT2D eigenvalue weighted by molar-refractivity contribution is 1.29. The Morgan fingerprint density at radius 2 is 0.925 bits per heavy atom. The van der Waals surface area contributed by atoms with Crippen molar-refractivity contribution in [3.05, 3.63) is 152 Å². The Balaban J connectivity index is 1.30. The van der Waals surface area contributed by atoms with Crippen molar-refractivity contribution in [3.8, 4) is 11.1 Å². The van der Waals surface area contributed by atoms with Crippen LogP contribution >= 0.6 is 11.3 Å². The molecule has 0 spiro atoms. The molecule has 40 heavy (non-hydrogen) atoms. The van der Waals surface area contributed by atoms with Crippen molar-refractivity contribution < 1.29 is 0 Å². The second-order valence-corrected chi connectivity index (χ2v) is 11.3. The second-order valence-electron chi connectivity index (χ2n) is 10.3. The van der Waals surface area contributed by atoms with Crippen LogP contribution in [0.4, 0.5) is 17.1 Å². The number of nitrogens with zero attached hydrogens (tertiary/aromatic N) is 1. The first-order valence-corrected chi connectivity index (χ1v) is 14.4. The van der Waals surface area contributed by atoms with Crippen LogP contribution in [-0.2, 0) is 0 Å². The average Bonchev–Trinajstić information content (AvgIpc) is 3.39. The fourth-order valence-corrected chi connectivity index (χ4v) is 6.90. The summed E-state index contributed by atoms with van der Waals surface area (Å²) in [4.78, 5) is 2.38. The first-order valence-electron chi connectivity index (χ1n) is 13.6. The molecule has 0 aliphatic rings. The van der Waals surface area contributed by atoms with Gasteiger partial charge in [0.25, 0.3) is 0 Å². The van der Waals surface area contributed by atoms with Crippen molar-refractivity contribution >= 4 is 70.1 Å². The Hall–Kier alpha value is -4.92. The molecule has 0 radical (unpaired) electrons. The molecular weight excluding hydrogens is 502 g/mol. The average molecular weight is 528 g/mol. The molecule has 0 saturated heterocycles. The lowest BCUT2D eigenvalue weighted by Gasteiger charge is -2.26. The monoisotopic (exact) mass is 527 g/mol. The minimum absolute atomic E-state index is 1.14. The van der Waals surface area contributed by atoms with Crippen LogP contribution in [0.15, 0.2) is 152 Å². The van der Waals surface area contributed by atoms with E-state index in [1.807, 2.05) is 11.3 Å². The molecule has 188 valence electrons. The van der Waals surface area contributed by atoms with Crippen molar-refractivity contribution in [2.75, 3.05) is 4.90 Å². The number of hydrogen-bond donors (Lipinski definition) is 0. The van der Waals surface area contributed by atoms with E-state index in [2.05, 4.69) is 157 Å². The third-order valence-electron chi connectivity index (χ3n) is 7.80. The Morgan fingerprint density at radius 1 is 0.350 bits per heavy atom. The Kier molecular flexibility index (Phi) is 5.39. The van der Waals surface area contributed by atoms with Crippen LogP contribution < -0.4 is 4.90 Å². The van der Waals surface area contributed by atoms with E-state index in [9.17, 15) is 0 Å². The van der Waals surface area contributed by atoms with E-state index in [1.165, 1.54) is 52.8 Å². The second kappa shape index (κ2) is 9.37. The van der Waals surface area contributed by atoms with E-state index < -0.39 is 0 Å². The topological polar surface area (TPSA) is 3.24 Å². The van der Waals surface area contributed by atoms with Crippen molar-refractivity contribution in [1.29, 1.82) is 0 Å². The molecule has 0 N–H and O–H groups in total. The van der Waals surface area contributed by atoms with Crippen LogP contribution in [0.1, 0.15) is 0 Å². The van der Waals surface area contributed by atoms with Gasteiger partial charge in [-0.25, -0.2) is 0 Å². The summed E-state index contributed by atoms with van der Waals surface area (Å²) < 4.78 is 2.66. The maximum Gasteiger partial charge on any atom is 0.0468 e. The van der Waals surface area contributed by atoms with Crippen LogP contribution in [0.5, 0.6) is 0 Å². The highest BCUT2D eigenvalue weighted by Gasteiger charge is 2.15. The van der Waals surface area contributed by atoms with Gasteiger partial charge in [0.2, 0.25) is 0 Å². The minimum atomic E-state index is 1.14. The maximum absolute atomic E-state index is 2.38. The van der Waals surface area contributed by atoms with Gasteiger partial charge in [0.1, 0.15) is 0 Å². The smallest absolute Gasteiger partial charge is 0.0468 e. The Morgan fingerprint density at radius 3 is 1.65 bits per heavy atom. The number of thiophene rings is 1. The highest BCUT2D eigenvalue weighted by atomic mass is 32.1. The fourth-order valence-electron chi connectivity index (χ4n) is 5.81. The van der Waals surface area contributed by atoms with E-state index in [-0.39, 0.29) is 0 Å². The molecule has 7 aromatic carbocycles. The van der Waals surface area contributed by atoms with E-state index in [1.54, 1.807) is 0 Å². The summed E-state index contributed by atoms with van der Waals surface area (Å²) in [5.41, 5.74) is 5.87. The van der Waals surface area contributed by atoms with Gasteiger partial charge in [-0.3, -0.25) is 0 Å². The maximum atomic E-state index is 2.38. The van der Waals surface area contributed by atoms with Crippen molar-refractivity contribution in [1.82, 2.24) is 0 Å². The quantitative estimate of drug-likeness (QED) is 0.220. The predicted octanol–water partition coefficient (Wildman–Crippen LogP) is 11.5. The Labute approximate surface area is 237 Å². The molecule has 0 amide bonds. The van der Waals surface area contributed by atoms with Gasteiger partial charge in [0.05, 0.1) is 0 Å². The van der Waals surface area contributed by atoms with E-state index in [0.29, 0.717) is 0 Å². The highest BCUT2D eigenvalue weighted by Crippen LogP contribution is 2.40. The standard InChI is InChI=1S/C38H25NS/c1-3-10-28-22-33(19-16-26(28)8-1)39(34-20-17-27-9-2-4-11-29(27)23-34)32-13-7-12-30(24-32)31-18-21-38-36(25-31)35-14-5-6-15-37(35)40-38/h1-25H. The van der Waals surface area contributed by atoms with Gasteiger partial charge in [-0.15, -0.1) is 11.3 Å². The summed E-state index contributed by atoms with van der Waals surface area (Å²) in [5, 5.41) is 7.61. The molecule has 1 aromatic heterocycles. The summed E-state index contributed by atoms with van der Waals surface area (Å²) in [6.45, 7) is 0. The van der Waals surface area contributed by atoms with Crippen LogP contribution in [-0.4, -0.2) is 0 Å². The first kappa shape index (κ1) is 23.0. The molecule has 1 heterocycles. The first-order chi connectivity index (χ1) is 19.8. The van der Waals surface area contributed by atoms with Crippen molar-refractivity contribution in [3.63, 3.8) is 0 Å². The lowest BCUT2D eigenvalue weighted by Crippen LogP contribution is -2.10. The molecular formula is C38H25NS. The molecule has 0 saturated carbocycles. The normalized spacial score (nSPS) is 11.5. The van der Waals surface area contributed by atoms with E-state index in [0.717, 1.165) is 17.1 Å². The highest BCUT2D eigenvalue weighted by molar-refractivity contribution is 7.25. The third-order valence-corrected chi connectivity index (χ3v) is 8.95. The number of benzene rings is 7. The van der Waals surface area contributed by atoms with Crippen LogP contribution in [0, 0.1) is 0 Å². The summed E-state index contributed by atoms with van der Waals surface area (Å²) >= 11 is 1.86. The number of rotatable bonds is 4. The zero-order valence-electron chi connectivity index (χ0n) is 21.8. The van der Waals surface area contributed by atoms with Gasteiger partial charge < -0.3 is 4.90 Å². The molecule has 2 heteroatoms. The molecule has 0 unspecified atom stereocenters. The summed E-state index contributed by atoms with van der Waals surface area (Å²) in [5.74, 6) is 0. The van der Waals surface area contributed by atoms with E-state index in [4.69, 9.17) is 0 Å². The largest absolute Gasteiger partial charge is 0.310 e. The van der Waals surface area contributed by atoms with Gasteiger partial charge in [-0.1, -0.05) is 97.1 Å². The minimum Gasteiger partial charge on any atom is -0.310 e. The molecule has 1 nitrogen and oxygen atoms in total. The van der Waals surface area contributed by atoms with E-state index >= 15 is 0 Å². The SMILES string of the molecule is c1cc(-c2ccc3sc4ccccc4c3c2)cc(N(c2ccc3ccccc3c2)c2ccc3ccccc3c2)c1. The zero-order chi connectivity index (χ0) is 26.5. The molecule has 8 rings (SSSR count). The molecule has 0 aliphatic carbocycles. The Bertz CT molecular complexity index is 2110. The van der Waals surface area contributed by atoms with Gasteiger partial charge in [0.15, 0.2) is 0 Å². The van der Waals surface area contributed by atoms with Crippen LogP contribution in [0.3, 0.4) is 0 Å². The van der Waals surface area contributed by atoms with Crippen molar-refractivity contribution in [2.45, 2.75) is 0 Å². The summed E-state index contributed by atoms with van der Waals surface area (Å²) in [7, 11) is 0. The number of fused-ring (bicyclic) bond motifs is 5. The summed E-state index contributed by atoms with van der Waals surface area (Å²) in [6.07, 6.45) is 0. The molecule has 8 aromatic rings. The number of anilines is 3. The fraction of sp³-hybridized carbons (Fsp3) is 0.